The van der Waals surface area contributed by atoms with Crippen LogP contribution in [0.1, 0.15) is 0 Å². The number of carbonyl (C=O) groups excluding carboxylic acids is 1. The van der Waals surface area contributed by atoms with Crippen molar-refractivity contribution in [2.45, 2.75) is 0 Å². The maximum Gasteiger partial charge on any atom is 0.241 e. The van der Waals surface area contributed by atoms with E-state index in [9.17, 15) is 9.18 Å². The van der Waals surface area contributed by atoms with Crippen LogP contribution in [-0.2, 0) is 4.79 Å². The molecule has 1 heterocycles. The molecular weight excluding hydrogens is 235 g/mol. The van der Waals surface area contributed by atoms with Crippen molar-refractivity contribution in [3.8, 4) is 0 Å². The molecule has 5 nitrogen and oxygen atoms in total. The van der Waals surface area contributed by atoms with Gasteiger partial charge in [-0.1, -0.05) is 0 Å². The maximum absolute atomic E-state index is 13.3. The zero-order valence-electron chi connectivity index (χ0n) is 9.24. The first-order valence-corrected chi connectivity index (χ1v) is 4.89. The molecular formula is C9H12ClFN4O. The van der Waals surface area contributed by atoms with Gasteiger partial charge in [-0.3, -0.25) is 4.79 Å². The smallest absolute Gasteiger partial charge is 0.241 e. The highest BCUT2D eigenvalue weighted by Crippen LogP contribution is 2.15. The quantitative estimate of drug-likeness (QED) is 0.740. The van der Waals surface area contributed by atoms with Gasteiger partial charge in [-0.25, -0.2) is 9.37 Å². The number of carbonyl (C=O) groups is 1. The maximum atomic E-state index is 13.3. The fraction of sp³-hybridized carbons (Fsp3) is 0.444. The average Bonchev–Trinajstić information content (AvgIpc) is 2.21. The summed E-state index contributed by atoms with van der Waals surface area (Å²) in [6, 6.07) is 0. The van der Waals surface area contributed by atoms with Crippen LogP contribution < -0.4 is 4.90 Å². The predicted octanol–water partition coefficient (Wildman–Crippen LogP) is 0.793. The first kappa shape index (κ1) is 12.6. The fourth-order valence-electron chi connectivity index (χ4n) is 1.02. The van der Waals surface area contributed by atoms with Gasteiger partial charge >= 0.3 is 0 Å². The molecule has 1 aromatic rings. The minimum atomic E-state index is -0.613. The molecule has 0 aliphatic heterocycles. The van der Waals surface area contributed by atoms with Gasteiger partial charge in [0.25, 0.3) is 0 Å². The summed E-state index contributed by atoms with van der Waals surface area (Å²) in [6.45, 7) is 0.0251. The molecule has 0 aromatic carbocycles. The second-order valence-electron chi connectivity index (χ2n) is 3.45. The number of aromatic nitrogens is 2. The molecule has 7 heteroatoms. The van der Waals surface area contributed by atoms with E-state index in [1.807, 2.05) is 0 Å². The van der Waals surface area contributed by atoms with Gasteiger partial charge in [0, 0.05) is 21.1 Å². The van der Waals surface area contributed by atoms with E-state index in [0.29, 0.717) is 0 Å². The Labute approximate surface area is 97.8 Å². The van der Waals surface area contributed by atoms with E-state index >= 15 is 0 Å². The van der Waals surface area contributed by atoms with Crippen LogP contribution in [0.5, 0.6) is 0 Å². The second kappa shape index (κ2) is 5.07. The Balaban J connectivity index is 2.84. The van der Waals surface area contributed by atoms with Gasteiger partial charge in [0.2, 0.25) is 11.2 Å². The summed E-state index contributed by atoms with van der Waals surface area (Å²) in [7, 11) is 4.81. The van der Waals surface area contributed by atoms with Crippen LogP contribution >= 0.6 is 11.6 Å². The molecule has 0 atom stereocenters. The summed E-state index contributed by atoms with van der Waals surface area (Å²) >= 11 is 5.55. The first-order chi connectivity index (χ1) is 7.41. The van der Waals surface area contributed by atoms with Crippen molar-refractivity contribution in [2.75, 3.05) is 32.6 Å². The number of likely N-dealkylation sites (N-methyl/N-ethyl adjacent to an activating group) is 2. The summed E-state index contributed by atoms with van der Waals surface area (Å²) in [4.78, 5) is 21.4. The SMILES string of the molecule is CN(C)C(=O)CN(C)c1nc(Cl)ncc1F. The monoisotopic (exact) mass is 246 g/mol. The Hall–Kier alpha value is -1.43. The van der Waals surface area contributed by atoms with E-state index < -0.39 is 5.82 Å². The molecule has 0 spiro atoms. The number of anilines is 1. The van der Waals surface area contributed by atoms with Crippen molar-refractivity contribution in [1.29, 1.82) is 0 Å². The van der Waals surface area contributed by atoms with Crippen molar-refractivity contribution in [1.82, 2.24) is 14.9 Å². The fourth-order valence-corrected chi connectivity index (χ4v) is 1.15. The molecule has 0 radical (unpaired) electrons. The normalized spacial score (nSPS) is 10.1. The lowest BCUT2D eigenvalue weighted by molar-refractivity contribution is -0.127. The first-order valence-electron chi connectivity index (χ1n) is 4.51. The summed E-state index contributed by atoms with van der Waals surface area (Å²) in [6.07, 6.45) is 0.974. The minimum absolute atomic E-state index is 0.00944. The number of amides is 1. The van der Waals surface area contributed by atoms with Gasteiger partial charge < -0.3 is 9.80 Å². The highest BCUT2D eigenvalue weighted by Gasteiger charge is 2.14. The highest BCUT2D eigenvalue weighted by atomic mass is 35.5. The zero-order valence-corrected chi connectivity index (χ0v) is 9.99. The van der Waals surface area contributed by atoms with E-state index in [4.69, 9.17) is 11.6 Å². The van der Waals surface area contributed by atoms with Gasteiger partial charge in [0.15, 0.2) is 11.6 Å². The third-order valence-electron chi connectivity index (χ3n) is 1.93. The van der Waals surface area contributed by atoms with Crippen LogP contribution in [0.15, 0.2) is 6.20 Å². The summed E-state index contributed by atoms with van der Waals surface area (Å²) < 4.78 is 13.3. The van der Waals surface area contributed by atoms with Crippen molar-refractivity contribution < 1.29 is 9.18 Å². The summed E-state index contributed by atoms with van der Waals surface area (Å²) in [5.74, 6) is -0.759. The zero-order chi connectivity index (χ0) is 12.3. The highest BCUT2D eigenvalue weighted by molar-refractivity contribution is 6.28. The topological polar surface area (TPSA) is 49.3 Å². The number of nitrogens with zero attached hydrogens (tertiary/aromatic N) is 4. The Morgan fingerprint density at radius 3 is 2.69 bits per heavy atom. The molecule has 0 unspecified atom stereocenters. The van der Waals surface area contributed by atoms with Crippen molar-refractivity contribution >= 4 is 23.3 Å². The third kappa shape index (κ3) is 3.03. The molecule has 1 rings (SSSR count). The Kier molecular flexibility index (Phi) is 4.00. The lowest BCUT2D eigenvalue weighted by atomic mass is 10.4. The molecule has 0 N–H and O–H groups in total. The predicted molar refractivity (Wildman–Crippen MR) is 59.0 cm³/mol. The molecule has 0 aliphatic rings. The molecule has 0 aliphatic carbocycles. The molecule has 88 valence electrons. The van der Waals surface area contributed by atoms with Crippen molar-refractivity contribution in [2.24, 2.45) is 0 Å². The van der Waals surface area contributed by atoms with Gasteiger partial charge in [0.05, 0.1) is 12.7 Å². The standard InChI is InChI=1S/C9H12ClFN4O/c1-14(2)7(16)5-15(3)8-6(11)4-12-9(10)13-8/h4H,5H2,1-3H3. The van der Waals surface area contributed by atoms with Gasteiger partial charge in [-0.05, 0) is 11.6 Å². The van der Waals surface area contributed by atoms with Crippen LogP contribution in [0.4, 0.5) is 10.2 Å². The van der Waals surface area contributed by atoms with Crippen LogP contribution in [0.25, 0.3) is 0 Å². The largest absolute Gasteiger partial charge is 0.348 e. The molecule has 0 saturated carbocycles. The van der Waals surface area contributed by atoms with Crippen LogP contribution in [0.3, 0.4) is 0 Å². The Bertz CT molecular complexity index is 399. The molecule has 0 saturated heterocycles. The Morgan fingerprint density at radius 1 is 1.50 bits per heavy atom. The molecule has 0 bridgehead atoms. The number of halogens is 2. The van der Waals surface area contributed by atoms with E-state index in [0.717, 1.165) is 6.20 Å². The van der Waals surface area contributed by atoms with Gasteiger partial charge in [-0.2, -0.15) is 4.98 Å². The van der Waals surface area contributed by atoms with E-state index in [-0.39, 0.29) is 23.6 Å². The molecule has 0 fully saturated rings. The van der Waals surface area contributed by atoms with Gasteiger partial charge in [0.1, 0.15) is 0 Å². The van der Waals surface area contributed by atoms with Crippen LogP contribution in [-0.4, -0.2) is 48.5 Å². The van der Waals surface area contributed by atoms with E-state index in [1.54, 1.807) is 21.1 Å². The number of hydrogen-bond acceptors (Lipinski definition) is 4. The van der Waals surface area contributed by atoms with Gasteiger partial charge in [-0.15, -0.1) is 0 Å². The van der Waals surface area contributed by atoms with Crippen molar-refractivity contribution in [3.05, 3.63) is 17.3 Å². The molecule has 16 heavy (non-hydrogen) atoms. The second-order valence-corrected chi connectivity index (χ2v) is 3.79. The number of hydrogen-bond donors (Lipinski definition) is 0. The Morgan fingerprint density at radius 2 is 2.12 bits per heavy atom. The lowest BCUT2D eigenvalue weighted by Gasteiger charge is -2.20. The number of rotatable bonds is 3. The average molecular weight is 247 g/mol. The van der Waals surface area contributed by atoms with E-state index in [1.165, 1.54) is 9.80 Å². The third-order valence-corrected chi connectivity index (χ3v) is 2.11. The summed E-state index contributed by atoms with van der Waals surface area (Å²) in [5, 5.41) is -0.0550. The van der Waals surface area contributed by atoms with E-state index in [2.05, 4.69) is 9.97 Å². The van der Waals surface area contributed by atoms with Crippen LogP contribution in [0, 0.1) is 5.82 Å². The molecule has 1 amide bonds. The van der Waals surface area contributed by atoms with Crippen molar-refractivity contribution in [3.63, 3.8) is 0 Å². The molecule has 1 aromatic heterocycles. The van der Waals surface area contributed by atoms with Crippen LogP contribution in [0.2, 0.25) is 5.28 Å². The summed E-state index contributed by atoms with van der Waals surface area (Å²) in [5.41, 5.74) is 0. The minimum Gasteiger partial charge on any atom is -0.348 e. The lowest BCUT2D eigenvalue weighted by Crippen LogP contribution is -2.35.